The van der Waals surface area contributed by atoms with Gasteiger partial charge in [0.05, 0.1) is 6.10 Å². The van der Waals surface area contributed by atoms with Crippen LogP contribution in [0.4, 0.5) is 0 Å². The van der Waals surface area contributed by atoms with E-state index in [-0.39, 0.29) is 6.04 Å². The maximum atomic E-state index is 5.62. The highest BCUT2D eigenvalue weighted by atomic mass is 32.1. The highest BCUT2D eigenvalue weighted by molar-refractivity contribution is 7.10. The topological polar surface area (TPSA) is 47.3 Å². The van der Waals surface area contributed by atoms with Gasteiger partial charge >= 0.3 is 0 Å². The van der Waals surface area contributed by atoms with Crippen LogP contribution in [0.3, 0.4) is 0 Å². The molecule has 3 N–H and O–H groups in total. The lowest BCUT2D eigenvalue weighted by Crippen LogP contribution is -2.28. The van der Waals surface area contributed by atoms with E-state index in [9.17, 15) is 0 Å². The first-order valence-corrected chi connectivity index (χ1v) is 6.80. The Bertz CT molecular complexity index is 321. The van der Waals surface area contributed by atoms with Crippen molar-refractivity contribution in [3.63, 3.8) is 0 Å². The molecule has 0 amide bonds. The summed E-state index contributed by atoms with van der Waals surface area (Å²) >= 11 is 1.78. The Morgan fingerprint density at radius 3 is 3.12 bits per heavy atom. The van der Waals surface area contributed by atoms with Crippen LogP contribution >= 0.6 is 11.3 Å². The molecule has 4 heteroatoms. The molecular formula is C12H20N2OS. The molecular weight excluding hydrogens is 220 g/mol. The van der Waals surface area contributed by atoms with Crippen LogP contribution in [0.5, 0.6) is 0 Å². The fourth-order valence-electron chi connectivity index (χ4n) is 2.22. The Kier molecular flexibility index (Phi) is 4.35. The van der Waals surface area contributed by atoms with Crippen LogP contribution in [-0.4, -0.2) is 12.7 Å². The van der Waals surface area contributed by atoms with Gasteiger partial charge in [-0.3, -0.25) is 11.3 Å². The molecule has 0 saturated carbocycles. The average molecular weight is 240 g/mol. The van der Waals surface area contributed by atoms with E-state index >= 15 is 0 Å². The van der Waals surface area contributed by atoms with Crippen LogP contribution in [-0.2, 0) is 4.74 Å². The van der Waals surface area contributed by atoms with Crippen LogP contribution in [0.15, 0.2) is 11.4 Å². The predicted molar refractivity (Wildman–Crippen MR) is 67.3 cm³/mol. The van der Waals surface area contributed by atoms with Gasteiger partial charge in [0.15, 0.2) is 0 Å². The van der Waals surface area contributed by atoms with Crippen molar-refractivity contribution < 1.29 is 4.74 Å². The zero-order valence-corrected chi connectivity index (χ0v) is 10.6. The van der Waals surface area contributed by atoms with E-state index in [4.69, 9.17) is 10.6 Å². The van der Waals surface area contributed by atoms with Gasteiger partial charge in [-0.25, -0.2) is 0 Å². The van der Waals surface area contributed by atoms with Crippen LogP contribution < -0.4 is 11.3 Å². The second-order valence-electron chi connectivity index (χ2n) is 4.42. The lowest BCUT2D eigenvalue weighted by molar-refractivity contribution is 0.0996. The van der Waals surface area contributed by atoms with E-state index in [1.54, 1.807) is 11.3 Å². The Morgan fingerprint density at radius 1 is 1.69 bits per heavy atom. The lowest BCUT2D eigenvalue weighted by Gasteiger charge is -2.16. The molecule has 0 aliphatic carbocycles. The number of hydrogen-bond acceptors (Lipinski definition) is 4. The molecule has 2 heterocycles. The van der Waals surface area contributed by atoms with Crippen molar-refractivity contribution in [3.05, 3.63) is 21.9 Å². The van der Waals surface area contributed by atoms with Gasteiger partial charge in [0.25, 0.3) is 0 Å². The third-order valence-corrected chi connectivity index (χ3v) is 4.04. The van der Waals surface area contributed by atoms with Gasteiger partial charge < -0.3 is 4.74 Å². The van der Waals surface area contributed by atoms with Crippen LogP contribution in [0.2, 0.25) is 0 Å². The fraction of sp³-hybridized carbons (Fsp3) is 0.667. The first kappa shape index (κ1) is 12.0. The molecule has 2 rings (SSSR count). The Morgan fingerprint density at radius 2 is 2.56 bits per heavy atom. The minimum atomic E-state index is 0.272. The second-order valence-corrected chi connectivity index (χ2v) is 5.54. The van der Waals surface area contributed by atoms with Crippen molar-refractivity contribution in [2.75, 3.05) is 6.61 Å². The number of ether oxygens (including phenoxy) is 1. The van der Waals surface area contributed by atoms with Crippen molar-refractivity contribution >= 4 is 11.3 Å². The van der Waals surface area contributed by atoms with E-state index in [2.05, 4.69) is 23.8 Å². The summed E-state index contributed by atoms with van der Waals surface area (Å²) in [7, 11) is 0. The normalized spacial score (nSPS) is 22.5. The van der Waals surface area contributed by atoms with Crippen molar-refractivity contribution in [1.29, 1.82) is 0 Å². The summed E-state index contributed by atoms with van der Waals surface area (Å²) in [6, 6.07) is 2.49. The number of aryl methyl sites for hydroxylation is 1. The van der Waals surface area contributed by atoms with Crippen LogP contribution in [0.1, 0.15) is 42.2 Å². The van der Waals surface area contributed by atoms with Gasteiger partial charge in [0, 0.05) is 17.5 Å². The molecule has 16 heavy (non-hydrogen) atoms. The molecule has 1 aromatic heterocycles. The van der Waals surface area contributed by atoms with Gasteiger partial charge in [-0.15, -0.1) is 11.3 Å². The molecule has 0 spiro atoms. The van der Waals surface area contributed by atoms with E-state index in [1.807, 2.05) is 0 Å². The Hall–Kier alpha value is -0.420. The average Bonchev–Trinajstić information content (AvgIpc) is 2.91. The number of nitrogens with two attached hydrogens (primary N) is 1. The SMILES string of the molecule is Cc1cc(C(CCC2CCCO2)NN)cs1. The molecule has 1 saturated heterocycles. The molecule has 3 nitrogen and oxygen atoms in total. The molecule has 1 aromatic rings. The predicted octanol–water partition coefficient (Wildman–Crippen LogP) is 2.52. The van der Waals surface area contributed by atoms with Crippen molar-refractivity contribution in [3.8, 4) is 0 Å². The number of rotatable bonds is 5. The molecule has 2 atom stereocenters. The maximum Gasteiger partial charge on any atom is 0.0576 e. The van der Waals surface area contributed by atoms with Gasteiger partial charge in [-0.1, -0.05) is 0 Å². The monoisotopic (exact) mass is 240 g/mol. The van der Waals surface area contributed by atoms with E-state index < -0.39 is 0 Å². The quantitative estimate of drug-likeness (QED) is 0.614. The second kappa shape index (κ2) is 5.77. The minimum absolute atomic E-state index is 0.272. The molecule has 90 valence electrons. The number of hydrazine groups is 1. The van der Waals surface area contributed by atoms with Crippen LogP contribution in [0, 0.1) is 6.92 Å². The van der Waals surface area contributed by atoms with Crippen LogP contribution in [0.25, 0.3) is 0 Å². The largest absolute Gasteiger partial charge is 0.378 e. The summed E-state index contributed by atoms with van der Waals surface area (Å²) in [5.41, 5.74) is 4.22. The third kappa shape index (κ3) is 3.04. The first-order chi connectivity index (χ1) is 7.79. The number of thiophene rings is 1. The smallest absolute Gasteiger partial charge is 0.0576 e. The summed E-state index contributed by atoms with van der Waals surface area (Å²) in [6.07, 6.45) is 5.03. The van der Waals surface area contributed by atoms with E-state index in [0.717, 1.165) is 19.4 Å². The summed E-state index contributed by atoms with van der Waals surface area (Å²) in [5, 5.41) is 2.19. The number of hydrogen-bond donors (Lipinski definition) is 2. The highest BCUT2D eigenvalue weighted by Gasteiger charge is 2.18. The summed E-state index contributed by atoms with van der Waals surface area (Å²) in [5.74, 6) is 5.61. The van der Waals surface area contributed by atoms with Crippen molar-refractivity contribution in [2.45, 2.75) is 44.8 Å². The molecule has 0 aromatic carbocycles. The first-order valence-electron chi connectivity index (χ1n) is 5.92. The Balaban J connectivity index is 1.85. The van der Waals surface area contributed by atoms with Gasteiger partial charge in [-0.2, -0.15) is 0 Å². The lowest BCUT2D eigenvalue weighted by atomic mass is 10.0. The van der Waals surface area contributed by atoms with Gasteiger partial charge in [0.1, 0.15) is 0 Å². The molecule has 2 unspecified atom stereocenters. The minimum Gasteiger partial charge on any atom is -0.378 e. The Labute approximate surface area is 101 Å². The molecule has 1 aliphatic heterocycles. The van der Waals surface area contributed by atoms with Crippen molar-refractivity contribution in [1.82, 2.24) is 5.43 Å². The molecule has 0 radical (unpaired) electrons. The van der Waals surface area contributed by atoms with Gasteiger partial charge in [-0.05, 0) is 49.6 Å². The maximum absolute atomic E-state index is 5.62. The summed E-state index contributed by atoms with van der Waals surface area (Å²) in [6.45, 7) is 3.06. The summed E-state index contributed by atoms with van der Waals surface area (Å²) in [4.78, 5) is 1.34. The molecule has 1 aliphatic rings. The number of nitrogens with one attached hydrogen (secondary N) is 1. The van der Waals surface area contributed by atoms with Crippen molar-refractivity contribution in [2.24, 2.45) is 5.84 Å². The van der Waals surface area contributed by atoms with E-state index in [1.165, 1.54) is 23.3 Å². The van der Waals surface area contributed by atoms with Gasteiger partial charge in [0.2, 0.25) is 0 Å². The molecule has 0 bridgehead atoms. The highest BCUT2D eigenvalue weighted by Crippen LogP contribution is 2.26. The third-order valence-electron chi connectivity index (χ3n) is 3.16. The fourth-order valence-corrected chi connectivity index (χ4v) is 2.98. The summed E-state index contributed by atoms with van der Waals surface area (Å²) < 4.78 is 5.62. The standard InChI is InChI=1S/C12H20N2OS/c1-9-7-10(8-16-9)12(14-13)5-4-11-3-2-6-15-11/h7-8,11-12,14H,2-6,13H2,1H3. The van der Waals surface area contributed by atoms with E-state index in [0.29, 0.717) is 6.10 Å². The zero-order chi connectivity index (χ0) is 11.4. The zero-order valence-electron chi connectivity index (χ0n) is 9.74. The molecule has 1 fully saturated rings.